The van der Waals surface area contributed by atoms with Gasteiger partial charge in [0, 0.05) is 29.5 Å². The second-order valence-corrected chi connectivity index (χ2v) is 15.0. The van der Waals surface area contributed by atoms with Crippen molar-refractivity contribution in [1.29, 1.82) is 0 Å². The lowest BCUT2D eigenvalue weighted by Crippen LogP contribution is -2.54. The minimum absolute atomic E-state index is 0.0306. The first kappa shape index (κ1) is 35.9. The van der Waals surface area contributed by atoms with E-state index < -0.39 is 28.5 Å². The molecule has 1 fully saturated rings. The summed E-state index contributed by atoms with van der Waals surface area (Å²) < 4.78 is 41.5. The Bertz CT molecular complexity index is 1850. The van der Waals surface area contributed by atoms with Gasteiger partial charge in [0.2, 0.25) is 11.8 Å². The maximum Gasteiger partial charge on any atom is 0.264 e. The molecule has 0 radical (unpaired) electrons. The number of hydrogen-bond acceptors (Lipinski definition) is 6. The molecule has 1 aliphatic carbocycles. The van der Waals surface area contributed by atoms with Gasteiger partial charge >= 0.3 is 0 Å². The first-order chi connectivity index (χ1) is 23.6. The summed E-state index contributed by atoms with van der Waals surface area (Å²) in [6.45, 7) is 1.45. The second kappa shape index (κ2) is 16.4. The number of ether oxygens (including phenoxy) is 2. The lowest BCUT2D eigenvalue weighted by molar-refractivity contribution is -0.140. The van der Waals surface area contributed by atoms with Gasteiger partial charge in [0.25, 0.3) is 10.0 Å². The van der Waals surface area contributed by atoms with E-state index in [1.165, 1.54) is 37.3 Å². The van der Waals surface area contributed by atoms with Crippen LogP contribution in [0, 0.1) is 6.92 Å². The molecule has 1 N–H and O–H groups in total. The van der Waals surface area contributed by atoms with Gasteiger partial charge in [-0.3, -0.25) is 13.9 Å². The summed E-state index contributed by atoms with van der Waals surface area (Å²) in [5.41, 5.74) is 2.92. The number of hydrogen-bond donors (Lipinski definition) is 1. The number of carbonyl (C=O) groups excluding carboxylic acids is 2. The molecule has 0 aliphatic heterocycles. The van der Waals surface area contributed by atoms with Crippen LogP contribution in [0.1, 0.15) is 42.4 Å². The third-order valence-electron chi connectivity index (χ3n) is 8.76. The van der Waals surface area contributed by atoms with Crippen LogP contribution in [0.3, 0.4) is 0 Å². The van der Waals surface area contributed by atoms with Crippen molar-refractivity contribution in [2.45, 2.75) is 62.6 Å². The zero-order valence-corrected chi connectivity index (χ0v) is 30.4. The van der Waals surface area contributed by atoms with Crippen LogP contribution in [0.2, 0.25) is 0 Å². The van der Waals surface area contributed by atoms with Crippen molar-refractivity contribution >= 4 is 43.5 Å². The van der Waals surface area contributed by atoms with E-state index in [9.17, 15) is 18.0 Å². The Labute approximate surface area is 297 Å². The molecular weight excluding hydrogens is 706 g/mol. The maximum absolute atomic E-state index is 14.7. The highest BCUT2D eigenvalue weighted by molar-refractivity contribution is 9.10. The molecule has 1 aliphatic rings. The molecule has 2 amide bonds. The van der Waals surface area contributed by atoms with Crippen LogP contribution >= 0.6 is 15.9 Å². The van der Waals surface area contributed by atoms with E-state index in [2.05, 4.69) is 21.2 Å². The van der Waals surface area contributed by atoms with Crippen LogP contribution in [0.5, 0.6) is 11.5 Å². The summed E-state index contributed by atoms with van der Waals surface area (Å²) in [4.78, 5) is 30.4. The monoisotopic (exact) mass is 747 g/mol. The van der Waals surface area contributed by atoms with Crippen LogP contribution in [-0.4, -0.2) is 58.0 Å². The van der Waals surface area contributed by atoms with E-state index >= 15 is 0 Å². The summed E-state index contributed by atoms with van der Waals surface area (Å²) in [5, 5.41) is 3.20. The van der Waals surface area contributed by atoms with E-state index in [0.29, 0.717) is 11.4 Å². The van der Waals surface area contributed by atoms with E-state index in [0.717, 1.165) is 51.2 Å². The molecule has 1 atom stereocenters. The summed E-state index contributed by atoms with van der Waals surface area (Å²) in [6.07, 6.45) is 4.09. The van der Waals surface area contributed by atoms with Gasteiger partial charge in [0.05, 0.1) is 24.8 Å². The van der Waals surface area contributed by atoms with Gasteiger partial charge in [0.15, 0.2) is 11.5 Å². The Morgan fingerprint density at radius 3 is 2.18 bits per heavy atom. The number of rotatable bonds is 14. The standard InChI is InChI=1S/C38H42BrN3O6S/c1-27-16-18-32(19-17-27)42(49(45,46)33-20-21-35(47-2)36(24-33)48-3)26-37(43)41(25-29-12-9-13-30(39)22-29)34(23-28-10-5-4-6-11-28)38(44)40-31-14-7-8-15-31/h4-6,9-13,16-22,24,31,34H,7-8,14-15,23,25-26H2,1-3H3,(H,40,44)/t34-/m1/s1. The van der Waals surface area contributed by atoms with E-state index in [-0.39, 0.29) is 35.6 Å². The number of amides is 2. The number of halogens is 1. The van der Waals surface area contributed by atoms with Gasteiger partial charge in [-0.2, -0.15) is 0 Å². The van der Waals surface area contributed by atoms with Crippen molar-refractivity contribution in [2.24, 2.45) is 0 Å². The highest BCUT2D eigenvalue weighted by atomic mass is 79.9. The molecule has 1 saturated carbocycles. The maximum atomic E-state index is 14.7. The Balaban J connectivity index is 1.58. The molecule has 9 nitrogen and oxygen atoms in total. The van der Waals surface area contributed by atoms with Crippen molar-refractivity contribution in [3.8, 4) is 11.5 Å². The fourth-order valence-electron chi connectivity index (χ4n) is 6.10. The van der Waals surface area contributed by atoms with Gasteiger partial charge in [-0.05, 0) is 67.3 Å². The molecule has 5 rings (SSSR count). The van der Waals surface area contributed by atoms with Crippen molar-refractivity contribution in [1.82, 2.24) is 10.2 Å². The van der Waals surface area contributed by atoms with Crippen LogP contribution in [0.15, 0.2) is 106 Å². The van der Waals surface area contributed by atoms with Crippen LogP contribution in [0.25, 0.3) is 0 Å². The molecule has 0 spiro atoms. The predicted molar refractivity (Wildman–Crippen MR) is 194 cm³/mol. The fraction of sp³-hybridized carbons (Fsp3) is 0.316. The van der Waals surface area contributed by atoms with Gasteiger partial charge < -0.3 is 19.7 Å². The molecule has 4 aromatic carbocycles. The summed E-state index contributed by atoms with van der Waals surface area (Å²) >= 11 is 3.53. The zero-order valence-electron chi connectivity index (χ0n) is 28.0. The molecule has 0 unspecified atom stereocenters. The first-order valence-corrected chi connectivity index (χ1v) is 18.5. The predicted octanol–water partition coefficient (Wildman–Crippen LogP) is 6.67. The van der Waals surface area contributed by atoms with Crippen LogP contribution in [0.4, 0.5) is 5.69 Å². The van der Waals surface area contributed by atoms with Gasteiger partial charge in [0.1, 0.15) is 12.6 Å². The van der Waals surface area contributed by atoms with E-state index in [1.807, 2.05) is 61.5 Å². The van der Waals surface area contributed by atoms with Gasteiger partial charge in [-0.1, -0.05) is 88.9 Å². The minimum Gasteiger partial charge on any atom is -0.493 e. The SMILES string of the molecule is COc1ccc(S(=O)(=O)N(CC(=O)N(Cc2cccc(Br)c2)[C@H](Cc2ccccc2)C(=O)NC2CCCC2)c2ccc(C)cc2)cc1OC. The molecule has 0 aromatic heterocycles. The fourth-order valence-corrected chi connectivity index (χ4v) is 7.97. The number of aryl methyl sites for hydroxylation is 1. The zero-order chi connectivity index (χ0) is 35.0. The Morgan fingerprint density at radius 2 is 1.53 bits per heavy atom. The van der Waals surface area contributed by atoms with Crippen molar-refractivity contribution < 1.29 is 27.5 Å². The first-order valence-electron chi connectivity index (χ1n) is 16.3. The van der Waals surface area contributed by atoms with Gasteiger partial charge in [-0.15, -0.1) is 0 Å². The van der Waals surface area contributed by atoms with Gasteiger partial charge in [-0.25, -0.2) is 8.42 Å². The van der Waals surface area contributed by atoms with Crippen molar-refractivity contribution in [3.05, 3.63) is 118 Å². The number of carbonyl (C=O) groups is 2. The third-order valence-corrected chi connectivity index (χ3v) is 11.0. The van der Waals surface area contributed by atoms with E-state index in [4.69, 9.17) is 9.47 Å². The van der Waals surface area contributed by atoms with E-state index in [1.54, 1.807) is 24.3 Å². The number of methoxy groups -OCH3 is 2. The number of benzene rings is 4. The number of nitrogens with one attached hydrogen (secondary N) is 1. The normalized spacial score (nSPS) is 13.8. The lowest BCUT2D eigenvalue weighted by Gasteiger charge is -2.34. The summed E-state index contributed by atoms with van der Waals surface area (Å²) in [5.74, 6) is -0.172. The lowest BCUT2D eigenvalue weighted by atomic mass is 10.0. The number of sulfonamides is 1. The van der Waals surface area contributed by atoms with Crippen molar-refractivity contribution in [3.63, 3.8) is 0 Å². The highest BCUT2D eigenvalue weighted by Crippen LogP contribution is 2.33. The topological polar surface area (TPSA) is 105 Å². The number of nitrogens with zero attached hydrogens (tertiary/aromatic N) is 2. The largest absolute Gasteiger partial charge is 0.493 e. The van der Waals surface area contributed by atoms with Crippen molar-refractivity contribution in [2.75, 3.05) is 25.1 Å². The highest BCUT2D eigenvalue weighted by Gasteiger charge is 2.36. The summed E-state index contributed by atoms with van der Waals surface area (Å²) in [6, 6.07) is 27.5. The Hall–Kier alpha value is -4.35. The average molecular weight is 749 g/mol. The van der Waals surface area contributed by atoms with Crippen LogP contribution < -0.4 is 19.1 Å². The smallest absolute Gasteiger partial charge is 0.264 e. The molecule has 11 heteroatoms. The molecular formula is C38H42BrN3O6S. The average Bonchev–Trinajstić information content (AvgIpc) is 3.62. The molecule has 49 heavy (non-hydrogen) atoms. The molecule has 0 heterocycles. The molecule has 0 bridgehead atoms. The second-order valence-electron chi connectivity index (χ2n) is 12.2. The molecule has 4 aromatic rings. The molecule has 258 valence electrons. The van der Waals surface area contributed by atoms with Crippen LogP contribution in [-0.2, 0) is 32.6 Å². The summed E-state index contributed by atoms with van der Waals surface area (Å²) in [7, 11) is -1.41. The Morgan fingerprint density at radius 1 is 0.857 bits per heavy atom. The third kappa shape index (κ3) is 9.01. The molecule has 0 saturated heterocycles. The minimum atomic E-state index is -4.31. The Kier molecular flexibility index (Phi) is 12.0. The quantitative estimate of drug-likeness (QED) is 0.155. The number of anilines is 1.